The number of hydrogen-bond donors (Lipinski definition) is 2. The lowest BCUT2D eigenvalue weighted by molar-refractivity contribution is 1.01. The summed E-state index contributed by atoms with van der Waals surface area (Å²) in [5.41, 5.74) is 6.85. The van der Waals surface area contributed by atoms with E-state index in [1.165, 1.54) is 0 Å². The predicted octanol–water partition coefficient (Wildman–Crippen LogP) is 0.723. The molecule has 0 amide bonds. The zero-order valence-electron chi connectivity index (χ0n) is 8.19. The fraction of sp³-hybridized carbons (Fsp3) is 0.100. The molecule has 15 heavy (non-hydrogen) atoms. The van der Waals surface area contributed by atoms with Crippen LogP contribution in [0.1, 0.15) is 5.56 Å². The first kappa shape index (κ1) is 9.39. The van der Waals surface area contributed by atoms with Gasteiger partial charge in [-0.2, -0.15) is 9.97 Å². The fourth-order valence-corrected chi connectivity index (χ4v) is 1.25. The van der Waals surface area contributed by atoms with Gasteiger partial charge in [0.2, 0.25) is 5.95 Å². The molecule has 76 valence electrons. The lowest BCUT2D eigenvalue weighted by atomic mass is 10.1. The zero-order valence-corrected chi connectivity index (χ0v) is 8.19. The number of anilines is 1. The summed E-state index contributed by atoms with van der Waals surface area (Å²) >= 11 is 0. The number of aromatic nitrogens is 3. The molecule has 0 saturated carbocycles. The van der Waals surface area contributed by atoms with Gasteiger partial charge in [-0.3, -0.25) is 4.98 Å². The lowest BCUT2D eigenvalue weighted by Crippen LogP contribution is -2.15. The molecule has 1 heterocycles. The third kappa shape index (κ3) is 2.01. The first-order valence-corrected chi connectivity index (χ1v) is 4.46. The van der Waals surface area contributed by atoms with E-state index in [1.807, 2.05) is 31.2 Å². The van der Waals surface area contributed by atoms with E-state index < -0.39 is 5.69 Å². The SMILES string of the molecule is Cc1ccc(-c2nc(N)nc(=O)[nH]2)cc1. The van der Waals surface area contributed by atoms with Gasteiger partial charge < -0.3 is 5.73 Å². The van der Waals surface area contributed by atoms with Crippen LogP contribution in [0.2, 0.25) is 0 Å². The molecule has 0 saturated heterocycles. The highest BCUT2D eigenvalue weighted by Gasteiger charge is 2.02. The Morgan fingerprint density at radius 2 is 1.87 bits per heavy atom. The highest BCUT2D eigenvalue weighted by molar-refractivity contribution is 5.55. The molecule has 0 bridgehead atoms. The quantitative estimate of drug-likeness (QED) is 0.713. The van der Waals surface area contributed by atoms with Gasteiger partial charge in [0.25, 0.3) is 0 Å². The molecule has 0 radical (unpaired) electrons. The van der Waals surface area contributed by atoms with Crippen LogP contribution < -0.4 is 11.4 Å². The molecule has 5 heteroatoms. The highest BCUT2D eigenvalue weighted by Crippen LogP contribution is 2.13. The van der Waals surface area contributed by atoms with Gasteiger partial charge in [0.05, 0.1) is 0 Å². The topological polar surface area (TPSA) is 84.7 Å². The van der Waals surface area contributed by atoms with E-state index >= 15 is 0 Å². The van der Waals surface area contributed by atoms with Gasteiger partial charge in [0.1, 0.15) is 5.82 Å². The third-order valence-electron chi connectivity index (χ3n) is 1.99. The second-order valence-corrected chi connectivity index (χ2v) is 3.23. The van der Waals surface area contributed by atoms with Crippen molar-refractivity contribution < 1.29 is 0 Å². The molecule has 0 spiro atoms. The molecule has 1 aromatic carbocycles. The Balaban J connectivity index is 2.54. The van der Waals surface area contributed by atoms with E-state index in [-0.39, 0.29) is 5.95 Å². The smallest absolute Gasteiger partial charge is 0.349 e. The summed E-state index contributed by atoms with van der Waals surface area (Å²) < 4.78 is 0. The summed E-state index contributed by atoms with van der Waals surface area (Å²) in [6.45, 7) is 1.99. The van der Waals surface area contributed by atoms with Crippen molar-refractivity contribution in [3.63, 3.8) is 0 Å². The van der Waals surface area contributed by atoms with Gasteiger partial charge in [-0.05, 0) is 6.92 Å². The Morgan fingerprint density at radius 1 is 1.20 bits per heavy atom. The largest absolute Gasteiger partial charge is 0.368 e. The molecule has 1 aromatic heterocycles. The van der Waals surface area contributed by atoms with Crippen molar-refractivity contribution in [1.29, 1.82) is 0 Å². The van der Waals surface area contributed by atoms with Crippen LogP contribution in [-0.4, -0.2) is 15.0 Å². The summed E-state index contributed by atoms with van der Waals surface area (Å²) in [4.78, 5) is 21.0. The van der Waals surface area contributed by atoms with Crippen LogP contribution in [0.25, 0.3) is 11.4 Å². The van der Waals surface area contributed by atoms with Crippen molar-refractivity contribution in [1.82, 2.24) is 15.0 Å². The van der Waals surface area contributed by atoms with Crippen LogP contribution in [0, 0.1) is 6.92 Å². The summed E-state index contributed by atoms with van der Waals surface area (Å²) in [6.07, 6.45) is 0. The Kier molecular flexibility index (Phi) is 2.21. The van der Waals surface area contributed by atoms with Crippen LogP contribution in [-0.2, 0) is 0 Å². The second-order valence-electron chi connectivity index (χ2n) is 3.23. The number of aryl methyl sites for hydroxylation is 1. The minimum absolute atomic E-state index is 0.0191. The summed E-state index contributed by atoms with van der Waals surface area (Å²) in [5, 5.41) is 0. The summed E-state index contributed by atoms with van der Waals surface area (Å²) in [7, 11) is 0. The maximum atomic E-state index is 11.1. The number of nitrogens with two attached hydrogens (primary N) is 1. The highest BCUT2D eigenvalue weighted by atomic mass is 16.1. The van der Waals surface area contributed by atoms with Gasteiger partial charge in [-0.25, -0.2) is 4.79 Å². The number of H-pyrrole nitrogens is 1. The first-order valence-electron chi connectivity index (χ1n) is 4.46. The summed E-state index contributed by atoms with van der Waals surface area (Å²) in [5.74, 6) is 0.418. The molecule has 5 nitrogen and oxygen atoms in total. The number of nitrogens with zero attached hydrogens (tertiary/aromatic N) is 2. The number of aromatic amines is 1. The maximum Gasteiger partial charge on any atom is 0.349 e. The minimum Gasteiger partial charge on any atom is -0.368 e. The lowest BCUT2D eigenvalue weighted by Gasteiger charge is -2.00. The number of benzene rings is 1. The van der Waals surface area contributed by atoms with E-state index in [0.29, 0.717) is 5.82 Å². The van der Waals surface area contributed by atoms with Gasteiger partial charge in [-0.15, -0.1) is 0 Å². The Bertz CT molecular complexity index is 530. The van der Waals surface area contributed by atoms with Crippen molar-refractivity contribution in [2.45, 2.75) is 6.92 Å². The van der Waals surface area contributed by atoms with Crippen LogP contribution in [0.4, 0.5) is 5.95 Å². The Morgan fingerprint density at radius 3 is 2.47 bits per heavy atom. The second kappa shape index (κ2) is 3.53. The fourth-order valence-electron chi connectivity index (χ4n) is 1.25. The van der Waals surface area contributed by atoms with Crippen molar-refractivity contribution >= 4 is 5.95 Å². The van der Waals surface area contributed by atoms with Crippen molar-refractivity contribution in [2.24, 2.45) is 0 Å². The van der Waals surface area contributed by atoms with E-state index in [0.717, 1.165) is 11.1 Å². The predicted molar refractivity (Wildman–Crippen MR) is 57.2 cm³/mol. The summed E-state index contributed by atoms with van der Waals surface area (Å²) in [6, 6.07) is 7.61. The van der Waals surface area contributed by atoms with E-state index in [4.69, 9.17) is 5.73 Å². The standard InChI is InChI=1S/C10H10N4O/c1-6-2-4-7(5-3-6)8-12-9(11)14-10(15)13-8/h2-5H,1H3,(H3,11,12,13,14,15). The molecule has 3 N–H and O–H groups in total. The van der Waals surface area contributed by atoms with Gasteiger partial charge in [-0.1, -0.05) is 29.8 Å². The number of hydrogen-bond acceptors (Lipinski definition) is 4. The van der Waals surface area contributed by atoms with E-state index in [1.54, 1.807) is 0 Å². The molecule has 0 aliphatic rings. The van der Waals surface area contributed by atoms with Crippen LogP contribution in [0.5, 0.6) is 0 Å². The maximum absolute atomic E-state index is 11.1. The molecule has 0 aliphatic heterocycles. The number of nitrogen functional groups attached to an aromatic ring is 1. The molecule has 0 aliphatic carbocycles. The van der Waals surface area contributed by atoms with E-state index in [2.05, 4.69) is 15.0 Å². The molecule has 2 aromatic rings. The average molecular weight is 202 g/mol. The van der Waals surface area contributed by atoms with Crippen molar-refractivity contribution in [2.75, 3.05) is 5.73 Å². The van der Waals surface area contributed by atoms with Crippen LogP contribution >= 0.6 is 0 Å². The normalized spacial score (nSPS) is 10.2. The third-order valence-corrected chi connectivity index (χ3v) is 1.99. The van der Waals surface area contributed by atoms with Crippen LogP contribution in [0.3, 0.4) is 0 Å². The van der Waals surface area contributed by atoms with Crippen molar-refractivity contribution in [3.8, 4) is 11.4 Å². The zero-order chi connectivity index (χ0) is 10.8. The van der Waals surface area contributed by atoms with Gasteiger partial charge in [0.15, 0.2) is 0 Å². The Labute approximate surface area is 86.0 Å². The van der Waals surface area contributed by atoms with Crippen LogP contribution in [0.15, 0.2) is 29.1 Å². The monoisotopic (exact) mass is 202 g/mol. The Hall–Kier alpha value is -2.17. The molecule has 0 fully saturated rings. The van der Waals surface area contributed by atoms with E-state index in [9.17, 15) is 4.79 Å². The van der Waals surface area contributed by atoms with Crippen molar-refractivity contribution in [3.05, 3.63) is 40.3 Å². The molecular weight excluding hydrogens is 192 g/mol. The minimum atomic E-state index is -0.488. The first-order chi connectivity index (χ1) is 7.15. The molecular formula is C10H10N4O. The molecule has 2 rings (SSSR count). The van der Waals surface area contributed by atoms with Gasteiger partial charge >= 0.3 is 5.69 Å². The van der Waals surface area contributed by atoms with Gasteiger partial charge in [0, 0.05) is 5.56 Å². The molecule has 0 atom stereocenters. The number of rotatable bonds is 1. The molecule has 0 unspecified atom stereocenters. The number of nitrogens with one attached hydrogen (secondary N) is 1. The average Bonchev–Trinajstić information content (AvgIpc) is 2.17.